The Morgan fingerprint density at radius 1 is 1.04 bits per heavy atom. The molecule has 0 amide bonds. The lowest BCUT2D eigenvalue weighted by Crippen LogP contribution is -2.30. The van der Waals surface area contributed by atoms with Gasteiger partial charge in [0.2, 0.25) is 5.95 Å². The highest BCUT2D eigenvalue weighted by atomic mass is 19.1. The average molecular weight is 313 g/mol. The summed E-state index contributed by atoms with van der Waals surface area (Å²) in [6.07, 6.45) is 6.43. The van der Waals surface area contributed by atoms with Crippen LogP contribution in [0.2, 0.25) is 0 Å². The molecule has 2 aliphatic heterocycles. The van der Waals surface area contributed by atoms with Crippen LogP contribution in [-0.4, -0.2) is 41.1 Å². The van der Waals surface area contributed by atoms with Gasteiger partial charge in [-0.3, -0.25) is 0 Å². The van der Waals surface area contributed by atoms with Crippen LogP contribution in [0, 0.1) is 17.7 Å². The van der Waals surface area contributed by atoms with Crippen LogP contribution in [0.4, 0.5) is 16.2 Å². The Labute approximate surface area is 135 Å². The Morgan fingerprint density at radius 3 is 2.30 bits per heavy atom. The van der Waals surface area contributed by atoms with Crippen molar-refractivity contribution in [2.75, 3.05) is 36.0 Å². The van der Waals surface area contributed by atoms with E-state index in [4.69, 9.17) is 0 Å². The number of hydrogen-bond acceptors (Lipinski definition) is 5. The Bertz CT molecular complexity index is 676. The highest BCUT2D eigenvalue weighted by Gasteiger charge is 2.41. The fourth-order valence-corrected chi connectivity index (χ4v) is 3.63. The van der Waals surface area contributed by atoms with E-state index in [1.165, 1.54) is 6.07 Å². The minimum Gasteiger partial charge on any atom is -0.353 e. The van der Waals surface area contributed by atoms with Crippen LogP contribution in [0.3, 0.4) is 0 Å². The summed E-state index contributed by atoms with van der Waals surface area (Å²) in [5, 5.41) is 0. The molecule has 0 bridgehead atoms. The Hall–Kier alpha value is -2.24. The molecule has 23 heavy (non-hydrogen) atoms. The largest absolute Gasteiger partial charge is 0.353 e. The van der Waals surface area contributed by atoms with Crippen LogP contribution in [-0.2, 0) is 6.42 Å². The van der Waals surface area contributed by atoms with Crippen molar-refractivity contribution in [1.29, 1.82) is 0 Å². The molecule has 120 valence electrons. The third-order valence-electron chi connectivity index (χ3n) is 4.91. The van der Waals surface area contributed by atoms with E-state index in [1.807, 2.05) is 12.4 Å². The van der Waals surface area contributed by atoms with Gasteiger partial charge in [0.15, 0.2) is 11.6 Å². The van der Waals surface area contributed by atoms with Crippen LogP contribution in [0.5, 0.6) is 0 Å². The van der Waals surface area contributed by atoms with E-state index in [9.17, 15) is 4.39 Å². The highest BCUT2D eigenvalue weighted by Crippen LogP contribution is 2.35. The van der Waals surface area contributed by atoms with Crippen molar-refractivity contribution in [2.24, 2.45) is 11.8 Å². The molecule has 0 aliphatic carbocycles. The first-order valence-electron chi connectivity index (χ1n) is 8.16. The summed E-state index contributed by atoms with van der Waals surface area (Å²) in [6.45, 7) is 5.66. The zero-order valence-corrected chi connectivity index (χ0v) is 13.2. The van der Waals surface area contributed by atoms with E-state index in [0.29, 0.717) is 17.7 Å². The molecule has 0 aromatic carbocycles. The second-order valence-electron chi connectivity index (χ2n) is 6.38. The molecule has 2 aromatic rings. The number of aryl methyl sites for hydroxylation is 1. The monoisotopic (exact) mass is 313 g/mol. The Morgan fingerprint density at radius 2 is 1.70 bits per heavy atom. The van der Waals surface area contributed by atoms with Crippen LogP contribution < -0.4 is 9.80 Å². The molecule has 5 nitrogen and oxygen atoms in total. The smallest absolute Gasteiger partial charge is 0.225 e. The van der Waals surface area contributed by atoms with Crippen molar-refractivity contribution in [3.8, 4) is 0 Å². The molecular formula is C17H20FN5. The lowest BCUT2D eigenvalue weighted by atomic mass is 10.0. The number of aromatic nitrogens is 3. The van der Waals surface area contributed by atoms with Gasteiger partial charge >= 0.3 is 0 Å². The number of anilines is 2. The van der Waals surface area contributed by atoms with Crippen molar-refractivity contribution in [1.82, 2.24) is 15.0 Å². The molecule has 4 rings (SSSR count). The minimum atomic E-state index is -0.234. The fourth-order valence-electron chi connectivity index (χ4n) is 3.63. The number of fused-ring (bicyclic) bond motifs is 1. The number of hydrogen-bond donors (Lipinski definition) is 0. The maximum Gasteiger partial charge on any atom is 0.225 e. The summed E-state index contributed by atoms with van der Waals surface area (Å²) >= 11 is 0. The van der Waals surface area contributed by atoms with Gasteiger partial charge < -0.3 is 9.80 Å². The molecule has 2 aliphatic rings. The Balaban J connectivity index is 1.44. The van der Waals surface area contributed by atoms with Gasteiger partial charge in [0, 0.05) is 56.6 Å². The first-order valence-corrected chi connectivity index (χ1v) is 8.16. The number of rotatable bonds is 3. The molecule has 0 N–H and O–H groups in total. The zero-order valence-electron chi connectivity index (χ0n) is 13.2. The summed E-state index contributed by atoms with van der Waals surface area (Å²) in [5.41, 5.74) is 1.16. The quantitative estimate of drug-likeness (QED) is 0.869. The standard InChI is InChI=1S/C17H20FN5/c1-2-12-6-20-17(21-7-12)23-10-13-8-22(9-14(13)11-23)16-15(18)4-3-5-19-16/h3-7,13-14H,2,8-11H2,1H3. The maximum absolute atomic E-state index is 13.9. The van der Waals surface area contributed by atoms with Crippen molar-refractivity contribution in [3.63, 3.8) is 0 Å². The van der Waals surface area contributed by atoms with Crippen LogP contribution in [0.25, 0.3) is 0 Å². The zero-order chi connectivity index (χ0) is 15.8. The second kappa shape index (κ2) is 5.76. The number of nitrogens with zero attached hydrogens (tertiary/aromatic N) is 5. The minimum absolute atomic E-state index is 0.234. The lowest BCUT2D eigenvalue weighted by Gasteiger charge is -2.22. The van der Waals surface area contributed by atoms with Crippen molar-refractivity contribution in [3.05, 3.63) is 42.1 Å². The summed E-state index contributed by atoms with van der Waals surface area (Å²) in [5.74, 6) is 2.10. The first-order chi connectivity index (χ1) is 11.2. The van der Waals surface area contributed by atoms with Crippen molar-refractivity contribution < 1.29 is 4.39 Å². The maximum atomic E-state index is 13.9. The van der Waals surface area contributed by atoms with Gasteiger partial charge in [-0.1, -0.05) is 6.92 Å². The van der Waals surface area contributed by atoms with Crippen LogP contribution in [0.15, 0.2) is 30.7 Å². The summed E-state index contributed by atoms with van der Waals surface area (Å²) in [6, 6.07) is 3.11. The van der Waals surface area contributed by atoms with Crippen molar-refractivity contribution >= 4 is 11.8 Å². The van der Waals surface area contributed by atoms with E-state index in [1.54, 1.807) is 12.3 Å². The lowest BCUT2D eigenvalue weighted by molar-refractivity contribution is 0.533. The van der Waals surface area contributed by atoms with Gasteiger partial charge in [-0.05, 0) is 24.1 Å². The third-order valence-corrected chi connectivity index (χ3v) is 4.91. The SMILES string of the molecule is CCc1cnc(N2CC3CN(c4ncccc4F)CC3C2)nc1. The van der Waals surface area contributed by atoms with Crippen LogP contribution >= 0.6 is 0 Å². The van der Waals surface area contributed by atoms with Gasteiger partial charge in [0.25, 0.3) is 0 Å². The molecule has 2 saturated heterocycles. The summed E-state index contributed by atoms with van der Waals surface area (Å²) < 4.78 is 13.9. The third kappa shape index (κ3) is 2.62. The van der Waals surface area contributed by atoms with E-state index in [2.05, 4.69) is 31.7 Å². The molecule has 2 atom stereocenters. The van der Waals surface area contributed by atoms with Gasteiger partial charge in [-0.25, -0.2) is 19.3 Å². The normalized spacial score (nSPS) is 23.4. The summed E-state index contributed by atoms with van der Waals surface area (Å²) in [4.78, 5) is 17.5. The number of halogens is 1. The van der Waals surface area contributed by atoms with Crippen molar-refractivity contribution in [2.45, 2.75) is 13.3 Å². The predicted molar refractivity (Wildman–Crippen MR) is 87.0 cm³/mol. The van der Waals surface area contributed by atoms with Gasteiger partial charge in [-0.2, -0.15) is 0 Å². The first kappa shape index (κ1) is 14.4. The number of pyridine rings is 1. The molecule has 0 spiro atoms. The van der Waals surface area contributed by atoms with Gasteiger partial charge in [0.1, 0.15) is 0 Å². The molecule has 0 saturated carbocycles. The molecular weight excluding hydrogens is 293 g/mol. The highest BCUT2D eigenvalue weighted by molar-refractivity contribution is 5.43. The van der Waals surface area contributed by atoms with Crippen LogP contribution in [0.1, 0.15) is 12.5 Å². The van der Waals surface area contributed by atoms with Gasteiger partial charge in [-0.15, -0.1) is 0 Å². The molecule has 2 unspecified atom stereocenters. The molecule has 2 fully saturated rings. The Kier molecular flexibility index (Phi) is 3.59. The molecule has 6 heteroatoms. The average Bonchev–Trinajstić information content (AvgIpc) is 3.14. The topological polar surface area (TPSA) is 45.2 Å². The predicted octanol–water partition coefficient (Wildman–Crippen LogP) is 2.15. The van der Waals surface area contributed by atoms with E-state index >= 15 is 0 Å². The summed E-state index contributed by atoms with van der Waals surface area (Å²) in [7, 11) is 0. The van der Waals surface area contributed by atoms with E-state index in [0.717, 1.165) is 44.1 Å². The molecule has 4 heterocycles. The molecule has 0 radical (unpaired) electrons. The van der Waals surface area contributed by atoms with E-state index < -0.39 is 0 Å². The fraction of sp³-hybridized carbons (Fsp3) is 0.471. The van der Waals surface area contributed by atoms with E-state index in [-0.39, 0.29) is 5.82 Å². The van der Waals surface area contributed by atoms with Gasteiger partial charge in [0.05, 0.1) is 0 Å². The molecule has 2 aromatic heterocycles. The second-order valence-corrected chi connectivity index (χ2v) is 6.38.